The van der Waals surface area contributed by atoms with Gasteiger partial charge in [0.15, 0.2) is 0 Å². The van der Waals surface area contributed by atoms with Crippen molar-refractivity contribution in [3.05, 3.63) is 35.4 Å². The van der Waals surface area contributed by atoms with Crippen molar-refractivity contribution in [2.45, 2.75) is 18.9 Å². The number of carbonyl (C=O) groups excluding carboxylic acids is 2. The van der Waals surface area contributed by atoms with E-state index in [1.807, 2.05) is 0 Å². The monoisotopic (exact) mass is 324 g/mol. The summed E-state index contributed by atoms with van der Waals surface area (Å²) < 4.78 is 32.8. The molecule has 1 atom stereocenters. The molecule has 2 aliphatic heterocycles. The van der Waals surface area contributed by atoms with E-state index in [2.05, 4.69) is 0 Å². The second-order valence-corrected chi connectivity index (χ2v) is 5.72. The summed E-state index contributed by atoms with van der Waals surface area (Å²) in [5.74, 6) is -2.47. The van der Waals surface area contributed by atoms with Gasteiger partial charge >= 0.3 is 0 Å². The zero-order chi connectivity index (χ0) is 16.4. The number of piperazine rings is 1. The lowest BCUT2D eigenvalue weighted by Crippen LogP contribution is -2.53. The third-order valence-electron chi connectivity index (χ3n) is 4.26. The fraction of sp³-hybridized carbons (Fsp3) is 0.500. The first kappa shape index (κ1) is 15.9. The Kier molecular flexibility index (Phi) is 4.56. The van der Waals surface area contributed by atoms with Gasteiger partial charge < -0.3 is 14.5 Å². The van der Waals surface area contributed by atoms with Crippen molar-refractivity contribution in [1.29, 1.82) is 0 Å². The van der Waals surface area contributed by atoms with Gasteiger partial charge in [0.1, 0.15) is 23.3 Å². The third kappa shape index (κ3) is 3.19. The van der Waals surface area contributed by atoms with Crippen molar-refractivity contribution < 1.29 is 23.1 Å². The molecule has 1 aromatic rings. The minimum atomic E-state index is -0.868. The fourth-order valence-corrected chi connectivity index (χ4v) is 2.97. The highest BCUT2D eigenvalue weighted by Crippen LogP contribution is 2.18. The maximum Gasteiger partial charge on any atom is 0.259 e. The first-order chi connectivity index (χ1) is 11.1. The minimum Gasteiger partial charge on any atom is -0.368 e. The van der Waals surface area contributed by atoms with Gasteiger partial charge in [-0.2, -0.15) is 0 Å². The molecule has 5 nitrogen and oxygen atoms in total. The van der Waals surface area contributed by atoms with Crippen LogP contribution in [0.25, 0.3) is 0 Å². The smallest absolute Gasteiger partial charge is 0.259 e. The molecule has 23 heavy (non-hydrogen) atoms. The number of benzene rings is 1. The van der Waals surface area contributed by atoms with Crippen LogP contribution in [0.15, 0.2) is 18.2 Å². The van der Waals surface area contributed by atoms with Gasteiger partial charge in [-0.25, -0.2) is 8.78 Å². The molecule has 2 saturated heterocycles. The molecule has 3 rings (SSSR count). The van der Waals surface area contributed by atoms with Crippen molar-refractivity contribution in [2.24, 2.45) is 0 Å². The minimum absolute atomic E-state index is 0.0633. The van der Waals surface area contributed by atoms with Crippen molar-refractivity contribution in [3.63, 3.8) is 0 Å². The summed E-state index contributed by atoms with van der Waals surface area (Å²) in [6.07, 6.45) is 1.21. The average Bonchev–Trinajstić information content (AvgIpc) is 3.08. The van der Waals surface area contributed by atoms with E-state index in [0.29, 0.717) is 19.7 Å². The van der Waals surface area contributed by atoms with E-state index in [0.717, 1.165) is 25.0 Å². The number of ether oxygens (including phenoxy) is 1. The molecule has 0 spiro atoms. The Balaban J connectivity index is 1.62. The topological polar surface area (TPSA) is 49.9 Å². The van der Waals surface area contributed by atoms with Gasteiger partial charge in [0.25, 0.3) is 11.8 Å². The van der Waals surface area contributed by atoms with Crippen LogP contribution in [0.5, 0.6) is 0 Å². The summed E-state index contributed by atoms with van der Waals surface area (Å²) in [6.45, 7) is 1.80. The largest absolute Gasteiger partial charge is 0.368 e. The number of halogens is 2. The molecular weight excluding hydrogens is 306 g/mol. The molecular formula is C16H18F2N2O3. The summed E-state index contributed by atoms with van der Waals surface area (Å²) in [7, 11) is 0. The first-order valence-electron chi connectivity index (χ1n) is 7.71. The van der Waals surface area contributed by atoms with Gasteiger partial charge in [0.2, 0.25) is 0 Å². The normalized spacial score (nSPS) is 21.6. The molecule has 0 aliphatic carbocycles. The molecule has 0 bridgehead atoms. The summed E-state index contributed by atoms with van der Waals surface area (Å²) >= 11 is 0. The maximum absolute atomic E-state index is 13.7. The second-order valence-electron chi connectivity index (χ2n) is 5.72. The lowest BCUT2D eigenvalue weighted by molar-refractivity contribution is -0.142. The molecule has 2 fully saturated rings. The van der Waals surface area contributed by atoms with Crippen LogP contribution in [-0.4, -0.2) is 60.5 Å². The Hall–Kier alpha value is -2.02. The van der Waals surface area contributed by atoms with E-state index in [1.54, 1.807) is 4.90 Å². The van der Waals surface area contributed by atoms with Crippen molar-refractivity contribution in [1.82, 2.24) is 9.80 Å². The lowest BCUT2D eigenvalue weighted by Gasteiger charge is -2.35. The SMILES string of the molecule is O=C(c1c(F)cccc1F)N1CCN(C(=O)C2CCCO2)CC1. The van der Waals surface area contributed by atoms with Gasteiger partial charge in [-0.15, -0.1) is 0 Å². The summed E-state index contributed by atoms with van der Waals surface area (Å²) in [5, 5.41) is 0. The molecule has 7 heteroatoms. The summed E-state index contributed by atoms with van der Waals surface area (Å²) in [5.41, 5.74) is -0.536. The van der Waals surface area contributed by atoms with Crippen LogP contribution in [0.4, 0.5) is 8.78 Å². The third-order valence-corrected chi connectivity index (χ3v) is 4.26. The van der Waals surface area contributed by atoms with E-state index in [4.69, 9.17) is 4.74 Å². The summed E-state index contributed by atoms with van der Waals surface area (Å²) in [4.78, 5) is 27.6. The Morgan fingerprint density at radius 2 is 1.65 bits per heavy atom. The highest BCUT2D eigenvalue weighted by molar-refractivity contribution is 5.95. The van der Waals surface area contributed by atoms with Crippen LogP contribution < -0.4 is 0 Å². The van der Waals surface area contributed by atoms with Crippen LogP contribution >= 0.6 is 0 Å². The maximum atomic E-state index is 13.7. The average molecular weight is 324 g/mol. The second kappa shape index (κ2) is 6.62. The molecule has 124 valence electrons. The molecule has 1 aromatic carbocycles. The molecule has 0 N–H and O–H groups in total. The fourth-order valence-electron chi connectivity index (χ4n) is 2.97. The van der Waals surface area contributed by atoms with Gasteiger partial charge in [0, 0.05) is 32.8 Å². The molecule has 0 radical (unpaired) electrons. The van der Waals surface area contributed by atoms with Gasteiger partial charge in [-0.3, -0.25) is 9.59 Å². The highest BCUT2D eigenvalue weighted by atomic mass is 19.1. The van der Waals surface area contributed by atoms with E-state index >= 15 is 0 Å². The molecule has 2 heterocycles. The number of nitrogens with zero attached hydrogens (tertiary/aromatic N) is 2. The number of rotatable bonds is 2. The molecule has 2 aliphatic rings. The van der Waals surface area contributed by atoms with Crippen molar-refractivity contribution >= 4 is 11.8 Å². The molecule has 0 saturated carbocycles. The first-order valence-corrected chi connectivity index (χ1v) is 7.71. The predicted octanol–water partition coefficient (Wildman–Crippen LogP) is 1.43. The van der Waals surface area contributed by atoms with E-state index in [1.165, 1.54) is 11.0 Å². The van der Waals surface area contributed by atoms with Gasteiger partial charge in [-0.05, 0) is 25.0 Å². The quantitative estimate of drug-likeness (QED) is 0.827. The highest BCUT2D eigenvalue weighted by Gasteiger charge is 2.32. The standard InChI is InChI=1S/C16H18F2N2O3/c17-11-3-1-4-12(18)14(11)16(22)20-8-6-19(7-9-20)15(21)13-5-2-10-23-13/h1,3-4,13H,2,5-10H2. The van der Waals surface area contributed by atoms with Crippen molar-refractivity contribution in [3.8, 4) is 0 Å². The predicted molar refractivity (Wildman–Crippen MR) is 77.8 cm³/mol. The Bertz CT molecular complexity index is 589. The number of carbonyl (C=O) groups is 2. The van der Waals surface area contributed by atoms with E-state index in [9.17, 15) is 18.4 Å². The van der Waals surface area contributed by atoms with Crippen LogP contribution in [0.1, 0.15) is 23.2 Å². The zero-order valence-corrected chi connectivity index (χ0v) is 12.6. The zero-order valence-electron chi connectivity index (χ0n) is 12.6. The van der Waals surface area contributed by atoms with Crippen LogP contribution in [0.2, 0.25) is 0 Å². The van der Waals surface area contributed by atoms with Crippen molar-refractivity contribution in [2.75, 3.05) is 32.8 Å². The molecule has 1 unspecified atom stereocenters. The van der Waals surface area contributed by atoms with Crippen LogP contribution in [0.3, 0.4) is 0 Å². The Morgan fingerprint density at radius 3 is 2.22 bits per heavy atom. The lowest BCUT2D eigenvalue weighted by atomic mass is 10.1. The molecule has 0 aromatic heterocycles. The van der Waals surface area contributed by atoms with Crippen LogP contribution in [0, 0.1) is 11.6 Å². The Morgan fingerprint density at radius 1 is 1.04 bits per heavy atom. The van der Waals surface area contributed by atoms with Gasteiger partial charge in [-0.1, -0.05) is 6.07 Å². The number of hydrogen-bond donors (Lipinski definition) is 0. The van der Waals surface area contributed by atoms with E-state index < -0.39 is 23.1 Å². The summed E-state index contributed by atoms with van der Waals surface area (Å²) in [6, 6.07) is 3.35. The number of hydrogen-bond acceptors (Lipinski definition) is 3. The van der Waals surface area contributed by atoms with Crippen LogP contribution in [-0.2, 0) is 9.53 Å². The van der Waals surface area contributed by atoms with E-state index in [-0.39, 0.29) is 25.1 Å². The number of amides is 2. The van der Waals surface area contributed by atoms with Gasteiger partial charge in [0.05, 0.1) is 0 Å². The molecule has 2 amide bonds. The Labute approximate surface area is 132 Å².